The van der Waals surface area contributed by atoms with Crippen molar-refractivity contribution < 1.29 is 15.3 Å². The number of rotatable bonds is 15. The van der Waals surface area contributed by atoms with E-state index in [1.54, 1.807) is 0 Å². The Kier molecular flexibility index (Phi) is 13.5. The Morgan fingerprint density at radius 2 is 0.792 bits per heavy atom. The molecule has 0 aromatic rings. The van der Waals surface area contributed by atoms with Gasteiger partial charge in [0, 0.05) is 58.9 Å². The highest BCUT2D eigenvalue weighted by molar-refractivity contribution is 4.72. The van der Waals surface area contributed by atoms with E-state index in [1.807, 2.05) is 0 Å². The standard InChI is InChI=1S/C15H36N6O3/c22-10-4-16-1-7-19-13-20(8-2-17-5-11-23)15-21(14-19)9-3-18-6-12-24/h16-18,22-24H,1-15H2. The molecule has 0 amide bonds. The molecule has 1 fully saturated rings. The van der Waals surface area contributed by atoms with Gasteiger partial charge in [-0.2, -0.15) is 0 Å². The van der Waals surface area contributed by atoms with Crippen LogP contribution >= 0.6 is 0 Å². The second kappa shape index (κ2) is 14.9. The van der Waals surface area contributed by atoms with Gasteiger partial charge in [0.1, 0.15) is 0 Å². The van der Waals surface area contributed by atoms with Crippen LogP contribution in [0.5, 0.6) is 0 Å². The lowest BCUT2D eigenvalue weighted by atomic mass is 10.4. The van der Waals surface area contributed by atoms with Gasteiger partial charge in [0.2, 0.25) is 0 Å². The van der Waals surface area contributed by atoms with Gasteiger partial charge in [0.25, 0.3) is 0 Å². The molecule has 6 N–H and O–H groups in total. The van der Waals surface area contributed by atoms with Crippen molar-refractivity contribution >= 4 is 0 Å². The third-order valence-electron chi connectivity index (χ3n) is 3.88. The fourth-order valence-corrected chi connectivity index (χ4v) is 2.73. The molecule has 1 rings (SSSR count). The molecule has 0 aliphatic carbocycles. The van der Waals surface area contributed by atoms with Crippen LogP contribution in [0.25, 0.3) is 0 Å². The van der Waals surface area contributed by atoms with E-state index in [0.29, 0.717) is 19.6 Å². The molecule has 0 unspecified atom stereocenters. The van der Waals surface area contributed by atoms with Crippen molar-refractivity contribution in [1.82, 2.24) is 30.7 Å². The summed E-state index contributed by atoms with van der Waals surface area (Å²) in [5.74, 6) is 0. The molecule has 1 saturated heterocycles. The summed E-state index contributed by atoms with van der Waals surface area (Å²) in [6, 6.07) is 0. The number of nitrogens with one attached hydrogen (secondary N) is 3. The van der Waals surface area contributed by atoms with Crippen LogP contribution in [0.1, 0.15) is 0 Å². The molecular weight excluding hydrogens is 312 g/mol. The lowest BCUT2D eigenvalue weighted by molar-refractivity contribution is -0.0273. The molecule has 144 valence electrons. The van der Waals surface area contributed by atoms with Crippen molar-refractivity contribution in [2.75, 3.05) is 98.7 Å². The largest absolute Gasteiger partial charge is 0.395 e. The van der Waals surface area contributed by atoms with Crippen LogP contribution < -0.4 is 16.0 Å². The zero-order valence-corrected chi connectivity index (χ0v) is 14.8. The molecule has 0 radical (unpaired) electrons. The van der Waals surface area contributed by atoms with E-state index < -0.39 is 0 Å². The highest BCUT2D eigenvalue weighted by atomic mass is 16.3. The third-order valence-corrected chi connectivity index (χ3v) is 3.88. The number of aliphatic hydroxyl groups excluding tert-OH is 3. The fraction of sp³-hybridized carbons (Fsp3) is 1.00. The first-order valence-electron chi connectivity index (χ1n) is 8.92. The molecule has 1 heterocycles. The van der Waals surface area contributed by atoms with E-state index in [0.717, 1.165) is 59.3 Å². The number of hydrogen-bond acceptors (Lipinski definition) is 9. The average Bonchev–Trinajstić information content (AvgIpc) is 2.59. The number of nitrogens with zero attached hydrogens (tertiary/aromatic N) is 3. The normalized spacial score (nSPS) is 17.6. The van der Waals surface area contributed by atoms with E-state index in [9.17, 15) is 0 Å². The van der Waals surface area contributed by atoms with Gasteiger partial charge in [-0.15, -0.1) is 0 Å². The second-order valence-corrected chi connectivity index (χ2v) is 6.03. The summed E-state index contributed by atoms with van der Waals surface area (Å²) in [5.41, 5.74) is 0. The summed E-state index contributed by atoms with van der Waals surface area (Å²) in [6.45, 7) is 10.7. The van der Waals surface area contributed by atoms with Crippen molar-refractivity contribution in [2.45, 2.75) is 0 Å². The first-order valence-corrected chi connectivity index (χ1v) is 8.92. The fourth-order valence-electron chi connectivity index (χ4n) is 2.73. The van der Waals surface area contributed by atoms with E-state index in [-0.39, 0.29) is 19.8 Å². The third kappa shape index (κ3) is 10.5. The van der Waals surface area contributed by atoms with Crippen molar-refractivity contribution in [1.29, 1.82) is 0 Å². The molecule has 0 aromatic carbocycles. The van der Waals surface area contributed by atoms with Crippen LogP contribution in [0.15, 0.2) is 0 Å². The lowest BCUT2D eigenvalue weighted by Crippen LogP contribution is -2.57. The van der Waals surface area contributed by atoms with Crippen LogP contribution in [0.4, 0.5) is 0 Å². The summed E-state index contributed by atoms with van der Waals surface area (Å²) < 4.78 is 0. The molecule has 0 atom stereocenters. The monoisotopic (exact) mass is 348 g/mol. The zero-order chi connectivity index (χ0) is 17.5. The van der Waals surface area contributed by atoms with Crippen LogP contribution in [0.3, 0.4) is 0 Å². The van der Waals surface area contributed by atoms with E-state index in [4.69, 9.17) is 15.3 Å². The Morgan fingerprint density at radius 1 is 0.500 bits per heavy atom. The Bertz CT molecular complexity index is 239. The van der Waals surface area contributed by atoms with Gasteiger partial charge < -0.3 is 31.3 Å². The van der Waals surface area contributed by atoms with E-state index in [2.05, 4.69) is 30.7 Å². The first kappa shape index (κ1) is 21.7. The van der Waals surface area contributed by atoms with Gasteiger partial charge in [0.05, 0.1) is 39.8 Å². The van der Waals surface area contributed by atoms with Crippen LogP contribution in [0, 0.1) is 0 Å². The Labute approximate surface area is 145 Å². The highest BCUT2D eigenvalue weighted by Crippen LogP contribution is 2.06. The summed E-state index contributed by atoms with van der Waals surface area (Å²) in [6.07, 6.45) is 0. The number of hydrogen-bond donors (Lipinski definition) is 6. The minimum absolute atomic E-state index is 0.172. The van der Waals surface area contributed by atoms with Crippen molar-refractivity contribution in [3.63, 3.8) is 0 Å². The second-order valence-electron chi connectivity index (χ2n) is 6.03. The van der Waals surface area contributed by atoms with Gasteiger partial charge in [-0.1, -0.05) is 0 Å². The summed E-state index contributed by atoms with van der Waals surface area (Å²) >= 11 is 0. The summed E-state index contributed by atoms with van der Waals surface area (Å²) in [4.78, 5) is 7.18. The highest BCUT2D eigenvalue weighted by Gasteiger charge is 2.22. The molecule has 0 spiro atoms. The Balaban J connectivity index is 2.33. The van der Waals surface area contributed by atoms with Crippen LogP contribution in [-0.2, 0) is 0 Å². The van der Waals surface area contributed by atoms with Crippen LogP contribution in [0.2, 0.25) is 0 Å². The van der Waals surface area contributed by atoms with Crippen LogP contribution in [-0.4, -0.2) is 129 Å². The maximum absolute atomic E-state index is 8.83. The SMILES string of the molecule is OCCNCCN1CN(CCNCCO)CN(CCNCCO)C1. The molecule has 1 aliphatic heterocycles. The Morgan fingerprint density at radius 3 is 1.04 bits per heavy atom. The van der Waals surface area contributed by atoms with Crippen molar-refractivity contribution in [2.24, 2.45) is 0 Å². The molecular formula is C15H36N6O3. The van der Waals surface area contributed by atoms with E-state index >= 15 is 0 Å². The molecule has 0 aromatic heterocycles. The van der Waals surface area contributed by atoms with Gasteiger partial charge in [-0.05, 0) is 0 Å². The summed E-state index contributed by atoms with van der Waals surface area (Å²) in [5, 5.41) is 36.1. The molecule has 0 saturated carbocycles. The average molecular weight is 348 g/mol. The number of aliphatic hydroxyl groups is 3. The Hall–Kier alpha value is -0.360. The van der Waals surface area contributed by atoms with Crippen molar-refractivity contribution in [3.8, 4) is 0 Å². The zero-order valence-electron chi connectivity index (χ0n) is 14.8. The molecule has 0 bridgehead atoms. The van der Waals surface area contributed by atoms with Gasteiger partial charge in [-0.3, -0.25) is 14.7 Å². The van der Waals surface area contributed by atoms with E-state index in [1.165, 1.54) is 0 Å². The molecule has 9 nitrogen and oxygen atoms in total. The van der Waals surface area contributed by atoms with Crippen molar-refractivity contribution in [3.05, 3.63) is 0 Å². The van der Waals surface area contributed by atoms with Gasteiger partial charge >= 0.3 is 0 Å². The summed E-state index contributed by atoms with van der Waals surface area (Å²) in [7, 11) is 0. The maximum atomic E-state index is 8.83. The first-order chi connectivity index (χ1) is 11.8. The predicted octanol–water partition coefficient (Wildman–Crippen LogP) is -3.48. The van der Waals surface area contributed by atoms with Gasteiger partial charge in [-0.25, -0.2) is 0 Å². The molecule has 24 heavy (non-hydrogen) atoms. The predicted molar refractivity (Wildman–Crippen MR) is 94.6 cm³/mol. The smallest absolute Gasteiger partial charge is 0.0555 e. The molecule has 9 heteroatoms. The quantitative estimate of drug-likeness (QED) is 0.168. The molecule has 1 aliphatic rings. The topological polar surface area (TPSA) is 106 Å². The lowest BCUT2D eigenvalue weighted by Gasteiger charge is -2.42. The maximum Gasteiger partial charge on any atom is 0.0555 e. The van der Waals surface area contributed by atoms with Gasteiger partial charge in [0.15, 0.2) is 0 Å². The minimum atomic E-state index is 0.172. The minimum Gasteiger partial charge on any atom is -0.395 e.